The molecule has 1 heteroatoms. The highest BCUT2D eigenvalue weighted by Gasteiger charge is 2.08. The number of alkyl halides is 1. The van der Waals surface area contributed by atoms with Crippen molar-refractivity contribution in [2.75, 3.05) is 4.43 Å². The van der Waals surface area contributed by atoms with Gasteiger partial charge in [-0.3, -0.25) is 0 Å². The molecule has 0 heterocycles. The highest BCUT2D eigenvalue weighted by molar-refractivity contribution is 14.1. The molecule has 1 atom stereocenters. The first kappa shape index (κ1) is 9.73. The van der Waals surface area contributed by atoms with Gasteiger partial charge in [0.25, 0.3) is 0 Å². The molecule has 0 rings (SSSR count). The molecule has 0 bridgehead atoms. The molecular formula is C8H17I. The van der Waals surface area contributed by atoms with Crippen LogP contribution in [0.25, 0.3) is 0 Å². The molecule has 1 unspecified atom stereocenters. The minimum atomic E-state index is 0.877. The fraction of sp³-hybridized carbons (Fsp3) is 1.00. The maximum atomic E-state index is 2.49. The lowest BCUT2D eigenvalue weighted by Crippen LogP contribution is -2.09. The van der Waals surface area contributed by atoms with Gasteiger partial charge in [-0.05, 0) is 18.3 Å². The Bertz CT molecular complexity index is 59.6. The second-order valence-corrected chi connectivity index (χ2v) is 3.83. The van der Waals surface area contributed by atoms with Gasteiger partial charge in [-0.2, -0.15) is 0 Å². The van der Waals surface area contributed by atoms with Gasteiger partial charge in [-0.25, -0.2) is 0 Å². The molecule has 0 saturated heterocycles. The molecule has 0 aromatic rings. The normalized spacial score (nSPS) is 14.3. The van der Waals surface area contributed by atoms with Crippen LogP contribution in [-0.4, -0.2) is 4.43 Å². The molecule has 0 amide bonds. The lowest BCUT2D eigenvalue weighted by Gasteiger charge is -2.16. The van der Waals surface area contributed by atoms with Gasteiger partial charge in [0.2, 0.25) is 0 Å². The van der Waals surface area contributed by atoms with E-state index in [-0.39, 0.29) is 0 Å². The molecule has 0 aliphatic carbocycles. The van der Waals surface area contributed by atoms with Crippen molar-refractivity contribution in [3.8, 4) is 0 Å². The van der Waals surface area contributed by atoms with Gasteiger partial charge in [0.1, 0.15) is 0 Å². The summed E-state index contributed by atoms with van der Waals surface area (Å²) in [6, 6.07) is 0. The molecule has 0 radical (unpaired) electrons. The molecule has 0 aliphatic rings. The maximum absolute atomic E-state index is 2.49. The van der Waals surface area contributed by atoms with Gasteiger partial charge in [0.15, 0.2) is 0 Å². The van der Waals surface area contributed by atoms with E-state index >= 15 is 0 Å². The van der Waals surface area contributed by atoms with Gasteiger partial charge in [-0.15, -0.1) is 0 Å². The summed E-state index contributed by atoms with van der Waals surface area (Å²) >= 11 is 2.49. The van der Waals surface area contributed by atoms with E-state index in [1.54, 1.807) is 0 Å². The van der Waals surface area contributed by atoms with Crippen molar-refractivity contribution >= 4 is 22.6 Å². The van der Waals surface area contributed by atoms with Gasteiger partial charge in [0.05, 0.1) is 0 Å². The Balaban J connectivity index is 3.41. The average molecular weight is 240 g/mol. The van der Waals surface area contributed by atoms with Crippen LogP contribution in [0.15, 0.2) is 0 Å². The van der Waals surface area contributed by atoms with Crippen LogP contribution in [0.3, 0.4) is 0 Å². The smallest absolute Gasteiger partial charge is 0.00261 e. The van der Waals surface area contributed by atoms with Crippen LogP contribution in [0.5, 0.6) is 0 Å². The van der Waals surface area contributed by atoms with Crippen LogP contribution in [0.4, 0.5) is 0 Å². The molecule has 0 N–H and O–H groups in total. The Morgan fingerprint density at radius 2 is 1.89 bits per heavy atom. The number of rotatable bonds is 4. The monoisotopic (exact) mass is 240 g/mol. The summed E-state index contributed by atoms with van der Waals surface area (Å²) in [7, 11) is 0. The summed E-state index contributed by atoms with van der Waals surface area (Å²) in [6.45, 7) is 6.90. The second kappa shape index (κ2) is 5.51. The average Bonchev–Trinajstić information content (AvgIpc) is 1.82. The van der Waals surface area contributed by atoms with Crippen LogP contribution in [-0.2, 0) is 0 Å². The third-order valence-corrected chi connectivity index (χ3v) is 2.93. The van der Waals surface area contributed by atoms with Gasteiger partial charge in [0, 0.05) is 4.43 Å². The third-order valence-electron chi connectivity index (χ3n) is 1.80. The Labute approximate surface area is 72.6 Å². The molecule has 0 aromatic carbocycles. The zero-order valence-electron chi connectivity index (χ0n) is 6.65. The summed E-state index contributed by atoms with van der Waals surface area (Å²) in [6.07, 6.45) is 2.74. The maximum Gasteiger partial charge on any atom is 0.00261 e. The summed E-state index contributed by atoms with van der Waals surface area (Å²) in [5.41, 5.74) is 0. The van der Waals surface area contributed by atoms with Crippen LogP contribution >= 0.6 is 22.6 Å². The Hall–Kier alpha value is 0.730. The second-order valence-electron chi connectivity index (χ2n) is 2.95. The van der Waals surface area contributed by atoms with E-state index in [1.165, 1.54) is 17.3 Å². The van der Waals surface area contributed by atoms with Crippen molar-refractivity contribution in [3.05, 3.63) is 0 Å². The molecule has 0 saturated carbocycles. The van der Waals surface area contributed by atoms with Gasteiger partial charge in [-0.1, -0.05) is 49.8 Å². The molecule has 0 fully saturated rings. The van der Waals surface area contributed by atoms with Gasteiger partial charge < -0.3 is 0 Å². The Morgan fingerprint density at radius 3 is 2.00 bits per heavy atom. The lowest BCUT2D eigenvalue weighted by atomic mass is 9.94. The Kier molecular flexibility index (Phi) is 5.96. The van der Waals surface area contributed by atoms with Crippen molar-refractivity contribution in [1.29, 1.82) is 0 Å². The van der Waals surface area contributed by atoms with E-state index in [0.29, 0.717) is 0 Å². The predicted molar refractivity (Wildman–Crippen MR) is 52.1 cm³/mol. The topological polar surface area (TPSA) is 0 Å². The zero-order valence-corrected chi connectivity index (χ0v) is 8.81. The fourth-order valence-electron chi connectivity index (χ4n) is 0.959. The van der Waals surface area contributed by atoms with E-state index < -0.39 is 0 Å². The first-order chi connectivity index (χ1) is 4.22. The van der Waals surface area contributed by atoms with E-state index in [1.807, 2.05) is 0 Å². The van der Waals surface area contributed by atoms with Crippen LogP contribution in [0.2, 0.25) is 0 Å². The van der Waals surface area contributed by atoms with Crippen LogP contribution in [0, 0.1) is 11.8 Å². The van der Waals surface area contributed by atoms with E-state index in [4.69, 9.17) is 0 Å². The molecule has 0 aromatic heterocycles. The van der Waals surface area contributed by atoms with E-state index in [0.717, 1.165) is 11.8 Å². The number of hydrogen-bond donors (Lipinski definition) is 0. The molecule has 56 valence electrons. The van der Waals surface area contributed by atoms with Crippen molar-refractivity contribution in [1.82, 2.24) is 0 Å². The van der Waals surface area contributed by atoms with Crippen molar-refractivity contribution < 1.29 is 0 Å². The number of hydrogen-bond acceptors (Lipinski definition) is 0. The van der Waals surface area contributed by atoms with Crippen LogP contribution in [0.1, 0.15) is 33.6 Å². The molecule has 0 nitrogen and oxygen atoms in total. The van der Waals surface area contributed by atoms with E-state index in [2.05, 4.69) is 43.4 Å². The quantitative estimate of drug-likeness (QED) is 0.521. The third kappa shape index (κ3) is 4.18. The minimum absolute atomic E-state index is 0.877. The fourth-order valence-corrected chi connectivity index (χ4v) is 2.42. The summed E-state index contributed by atoms with van der Waals surface area (Å²) < 4.78 is 1.32. The van der Waals surface area contributed by atoms with E-state index in [9.17, 15) is 0 Å². The van der Waals surface area contributed by atoms with Crippen molar-refractivity contribution in [2.45, 2.75) is 33.6 Å². The molecule has 9 heavy (non-hydrogen) atoms. The summed E-state index contributed by atoms with van der Waals surface area (Å²) in [5.74, 6) is 1.83. The molecular weight excluding hydrogens is 223 g/mol. The summed E-state index contributed by atoms with van der Waals surface area (Å²) in [5, 5.41) is 0. The Morgan fingerprint density at radius 1 is 1.33 bits per heavy atom. The van der Waals surface area contributed by atoms with Crippen molar-refractivity contribution in [2.24, 2.45) is 11.8 Å². The standard InChI is InChI=1S/C8H17I/c1-4-5-8(6-9)7(2)3/h7-8H,4-6H2,1-3H3. The number of halogens is 1. The highest BCUT2D eigenvalue weighted by Crippen LogP contribution is 2.18. The molecule has 0 spiro atoms. The summed E-state index contributed by atoms with van der Waals surface area (Å²) in [4.78, 5) is 0. The lowest BCUT2D eigenvalue weighted by molar-refractivity contribution is 0.401. The van der Waals surface area contributed by atoms with Crippen LogP contribution < -0.4 is 0 Å². The highest BCUT2D eigenvalue weighted by atomic mass is 127. The largest absolute Gasteiger partial charge is 0.0861 e. The van der Waals surface area contributed by atoms with Crippen molar-refractivity contribution in [3.63, 3.8) is 0 Å². The SMILES string of the molecule is CCCC(CI)C(C)C. The molecule has 0 aliphatic heterocycles. The first-order valence-electron chi connectivity index (χ1n) is 3.78. The predicted octanol–water partition coefficient (Wildman–Crippen LogP) is 3.49. The first-order valence-corrected chi connectivity index (χ1v) is 5.30. The zero-order chi connectivity index (χ0) is 7.28. The van der Waals surface area contributed by atoms with Gasteiger partial charge >= 0.3 is 0 Å². The minimum Gasteiger partial charge on any atom is -0.0861 e.